The minimum absolute atomic E-state index is 0.0483. The van der Waals surface area contributed by atoms with Gasteiger partial charge in [-0.15, -0.1) is 11.8 Å². The number of hydrogen-bond acceptors (Lipinski definition) is 6. The number of anilines is 1. The van der Waals surface area contributed by atoms with Crippen molar-refractivity contribution in [2.75, 3.05) is 38.2 Å². The molecule has 0 saturated carbocycles. The van der Waals surface area contributed by atoms with Crippen LogP contribution in [0, 0.1) is 0 Å². The molecule has 0 bridgehead atoms. The van der Waals surface area contributed by atoms with E-state index in [-0.39, 0.29) is 23.2 Å². The van der Waals surface area contributed by atoms with Crippen LogP contribution in [0.5, 0.6) is 17.2 Å². The average molecular weight is 375 g/mol. The van der Waals surface area contributed by atoms with Gasteiger partial charge in [0.15, 0.2) is 17.3 Å². The Labute approximate surface area is 156 Å². The van der Waals surface area contributed by atoms with Crippen molar-refractivity contribution in [2.24, 2.45) is 0 Å². The largest absolute Gasteiger partial charge is 0.497 e. The first-order valence-corrected chi connectivity index (χ1v) is 8.99. The molecule has 2 aromatic carbocycles. The fraction of sp³-hybridized carbons (Fsp3) is 0.263. The summed E-state index contributed by atoms with van der Waals surface area (Å²) in [6, 6.07) is 12.1. The monoisotopic (exact) mass is 375 g/mol. The Morgan fingerprint density at radius 1 is 0.923 bits per heavy atom. The molecule has 26 heavy (non-hydrogen) atoms. The summed E-state index contributed by atoms with van der Waals surface area (Å²) in [5.41, 5.74) is 1.17. The van der Waals surface area contributed by atoms with Crippen molar-refractivity contribution < 1.29 is 23.8 Å². The molecule has 0 spiro atoms. The third kappa shape index (κ3) is 5.42. The van der Waals surface area contributed by atoms with Gasteiger partial charge in [-0.2, -0.15) is 0 Å². The molecule has 0 aliphatic carbocycles. The van der Waals surface area contributed by atoms with Gasteiger partial charge in [-0.25, -0.2) is 0 Å². The van der Waals surface area contributed by atoms with Gasteiger partial charge in [-0.05, 0) is 24.3 Å². The molecule has 0 aromatic heterocycles. The number of ketones is 1. The number of ether oxygens (including phenoxy) is 3. The number of thioether (sulfide) groups is 1. The van der Waals surface area contributed by atoms with Crippen LogP contribution in [-0.2, 0) is 4.79 Å². The molecule has 0 aliphatic rings. The van der Waals surface area contributed by atoms with E-state index < -0.39 is 0 Å². The summed E-state index contributed by atoms with van der Waals surface area (Å²) in [5.74, 6) is 1.90. The number of carbonyl (C=O) groups excluding carboxylic acids is 2. The van der Waals surface area contributed by atoms with Crippen molar-refractivity contribution >= 4 is 29.1 Å². The Hall–Kier alpha value is -2.67. The lowest BCUT2D eigenvalue weighted by atomic mass is 10.1. The maximum Gasteiger partial charge on any atom is 0.234 e. The van der Waals surface area contributed by atoms with Crippen molar-refractivity contribution in [2.45, 2.75) is 0 Å². The number of benzene rings is 2. The summed E-state index contributed by atoms with van der Waals surface area (Å²) in [5, 5.41) is 2.77. The second-order valence-corrected chi connectivity index (χ2v) is 6.25. The zero-order valence-electron chi connectivity index (χ0n) is 14.9. The van der Waals surface area contributed by atoms with E-state index in [0.29, 0.717) is 28.5 Å². The van der Waals surface area contributed by atoms with Crippen LogP contribution in [0.25, 0.3) is 0 Å². The van der Waals surface area contributed by atoms with Gasteiger partial charge in [0.1, 0.15) is 5.75 Å². The van der Waals surface area contributed by atoms with Gasteiger partial charge in [0, 0.05) is 17.3 Å². The third-order valence-electron chi connectivity index (χ3n) is 3.53. The van der Waals surface area contributed by atoms with Crippen LogP contribution in [0.15, 0.2) is 42.5 Å². The van der Waals surface area contributed by atoms with Gasteiger partial charge in [0.2, 0.25) is 5.91 Å². The minimum atomic E-state index is -0.194. The summed E-state index contributed by atoms with van der Waals surface area (Å²) in [4.78, 5) is 24.2. The zero-order valence-corrected chi connectivity index (χ0v) is 15.7. The van der Waals surface area contributed by atoms with Crippen molar-refractivity contribution in [1.29, 1.82) is 0 Å². The molecule has 0 aliphatic heterocycles. The van der Waals surface area contributed by atoms with Gasteiger partial charge in [0.25, 0.3) is 0 Å². The Bertz CT molecular complexity index is 778. The normalized spacial score (nSPS) is 10.1. The number of methoxy groups -OCH3 is 3. The van der Waals surface area contributed by atoms with Crippen LogP contribution in [0.4, 0.5) is 5.69 Å². The summed E-state index contributed by atoms with van der Waals surface area (Å²) in [6.45, 7) is 0. The molecular weight excluding hydrogens is 354 g/mol. The van der Waals surface area contributed by atoms with E-state index in [0.717, 1.165) is 0 Å². The van der Waals surface area contributed by atoms with E-state index in [1.165, 1.54) is 18.9 Å². The lowest BCUT2D eigenvalue weighted by Crippen LogP contribution is -2.15. The Kier molecular flexibility index (Phi) is 7.35. The highest BCUT2D eigenvalue weighted by Crippen LogP contribution is 2.29. The predicted molar refractivity (Wildman–Crippen MR) is 103 cm³/mol. The second-order valence-electron chi connectivity index (χ2n) is 5.27. The summed E-state index contributed by atoms with van der Waals surface area (Å²) < 4.78 is 15.5. The smallest absolute Gasteiger partial charge is 0.234 e. The fourth-order valence-electron chi connectivity index (χ4n) is 2.23. The number of rotatable bonds is 9. The molecule has 1 N–H and O–H groups in total. The molecule has 0 heterocycles. The summed E-state index contributed by atoms with van der Waals surface area (Å²) >= 11 is 1.26. The van der Waals surface area contributed by atoms with Crippen LogP contribution in [0.3, 0.4) is 0 Å². The molecule has 7 heteroatoms. The number of hydrogen-bond donors (Lipinski definition) is 1. The summed E-state index contributed by atoms with van der Waals surface area (Å²) in [6.07, 6.45) is 0. The minimum Gasteiger partial charge on any atom is -0.497 e. The average Bonchev–Trinajstić information content (AvgIpc) is 2.67. The number of carbonyl (C=O) groups is 2. The van der Waals surface area contributed by atoms with E-state index >= 15 is 0 Å². The lowest BCUT2D eigenvalue weighted by Gasteiger charge is -2.10. The van der Waals surface area contributed by atoms with Crippen LogP contribution >= 0.6 is 11.8 Å². The van der Waals surface area contributed by atoms with Gasteiger partial charge in [0.05, 0.1) is 32.8 Å². The number of Topliss-reactive ketones (excluding diaryl/α,β-unsaturated/α-hetero) is 1. The predicted octanol–water partition coefficient (Wildman–Crippen LogP) is 3.27. The van der Waals surface area contributed by atoms with Crippen LogP contribution in [0.2, 0.25) is 0 Å². The number of nitrogens with one attached hydrogen (secondary N) is 1. The quantitative estimate of drug-likeness (QED) is 0.678. The van der Waals surface area contributed by atoms with E-state index in [9.17, 15) is 9.59 Å². The molecule has 0 radical (unpaired) electrons. The Morgan fingerprint density at radius 2 is 1.69 bits per heavy atom. The maximum absolute atomic E-state index is 12.2. The SMILES string of the molecule is COc1cccc(C(=O)CSCC(=O)Nc2ccc(OC)c(OC)c2)c1. The van der Waals surface area contributed by atoms with E-state index in [1.807, 2.05) is 0 Å². The van der Waals surface area contributed by atoms with Crippen molar-refractivity contribution in [3.8, 4) is 17.2 Å². The van der Waals surface area contributed by atoms with Crippen molar-refractivity contribution in [1.82, 2.24) is 0 Å². The molecule has 2 aromatic rings. The van der Waals surface area contributed by atoms with E-state index in [4.69, 9.17) is 14.2 Å². The van der Waals surface area contributed by atoms with Gasteiger partial charge >= 0.3 is 0 Å². The first-order chi connectivity index (χ1) is 12.6. The Balaban J connectivity index is 1.84. The van der Waals surface area contributed by atoms with Crippen LogP contribution < -0.4 is 19.5 Å². The molecule has 0 atom stereocenters. The van der Waals surface area contributed by atoms with Crippen molar-refractivity contribution in [3.05, 3.63) is 48.0 Å². The Morgan fingerprint density at radius 3 is 2.38 bits per heavy atom. The summed E-state index contributed by atoms with van der Waals surface area (Å²) in [7, 11) is 4.63. The molecule has 2 rings (SSSR count). The van der Waals surface area contributed by atoms with Gasteiger partial charge in [-0.3, -0.25) is 9.59 Å². The first-order valence-electron chi connectivity index (χ1n) is 7.84. The van der Waals surface area contributed by atoms with Crippen LogP contribution in [-0.4, -0.2) is 44.5 Å². The van der Waals surface area contributed by atoms with E-state index in [1.54, 1.807) is 56.7 Å². The highest BCUT2D eigenvalue weighted by Gasteiger charge is 2.10. The molecule has 0 fully saturated rings. The van der Waals surface area contributed by atoms with Gasteiger partial charge < -0.3 is 19.5 Å². The molecule has 1 amide bonds. The molecule has 0 saturated heterocycles. The highest BCUT2D eigenvalue weighted by atomic mass is 32.2. The third-order valence-corrected chi connectivity index (χ3v) is 4.46. The van der Waals surface area contributed by atoms with Crippen LogP contribution in [0.1, 0.15) is 10.4 Å². The standard InChI is InChI=1S/C19H21NO5S/c1-23-15-6-4-5-13(9-15)16(21)11-26-12-19(22)20-14-7-8-17(24-2)18(10-14)25-3/h4-10H,11-12H2,1-3H3,(H,20,22). The van der Waals surface area contributed by atoms with Crippen molar-refractivity contribution in [3.63, 3.8) is 0 Å². The topological polar surface area (TPSA) is 73.9 Å². The fourth-order valence-corrected chi connectivity index (χ4v) is 2.94. The molecular formula is C19H21NO5S. The molecule has 138 valence electrons. The van der Waals surface area contributed by atoms with Gasteiger partial charge in [-0.1, -0.05) is 12.1 Å². The lowest BCUT2D eigenvalue weighted by molar-refractivity contribution is -0.113. The maximum atomic E-state index is 12.2. The molecule has 6 nitrogen and oxygen atoms in total. The first kappa shape index (κ1) is 19.7. The highest BCUT2D eigenvalue weighted by molar-refractivity contribution is 8.00. The zero-order chi connectivity index (χ0) is 18.9. The van der Waals surface area contributed by atoms with E-state index in [2.05, 4.69) is 5.32 Å². The second kappa shape index (κ2) is 9.72. The number of amides is 1. The molecule has 0 unspecified atom stereocenters.